The van der Waals surface area contributed by atoms with Gasteiger partial charge in [0.15, 0.2) is 0 Å². The van der Waals surface area contributed by atoms with E-state index in [1.54, 1.807) is 0 Å². The van der Waals surface area contributed by atoms with E-state index in [0.29, 0.717) is 17.5 Å². The largest absolute Gasteiger partial charge is 0.326 e. The van der Waals surface area contributed by atoms with Crippen LogP contribution in [-0.2, 0) is 23.1 Å². The van der Waals surface area contributed by atoms with Gasteiger partial charge in [0.25, 0.3) is 0 Å². The van der Waals surface area contributed by atoms with Gasteiger partial charge in [-0.15, -0.1) is 0 Å². The Morgan fingerprint density at radius 2 is 1.88 bits per heavy atom. The third kappa shape index (κ3) is 3.65. The summed E-state index contributed by atoms with van der Waals surface area (Å²) < 4.78 is 12.2. The molecule has 1 aromatic carbocycles. The first-order valence-electron chi connectivity index (χ1n) is 6.44. The second-order valence-electron chi connectivity index (χ2n) is 4.81. The quantitative estimate of drug-likeness (QED) is 0.894. The molecule has 1 saturated carbocycles. The molecule has 1 atom stereocenters. The Hall–Kier alpha value is -0.670. The zero-order valence-corrected chi connectivity index (χ0v) is 11.0. The first kappa shape index (κ1) is 12.8. The summed E-state index contributed by atoms with van der Waals surface area (Å²) >= 11 is 0. The fraction of sp³-hybridized carbons (Fsp3) is 0.571. The maximum absolute atomic E-state index is 12.2. The van der Waals surface area contributed by atoms with E-state index in [1.807, 2.05) is 12.1 Å². The molecule has 1 fully saturated rings. The Morgan fingerprint density at radius 1 is 1.18 bits per heavy atom. The smallest absolute Gasteiger partial charge is 0.0488 e. The van der Waals surface area contributed by atoms with Crippen LogP contribution in [0, 0.1) is 0 Å². The summed E-state index contributed by atoms with van der Waals surface area (Å²) in [6.07, 6.45) is 6.10. The van der Waals surface area contributed by atoms with Crippen molar-refractivity contribution in [1.29, 1.82) is 0 Å². The molecule has 0 aliphatic heterocycles. The molecule has 1 aliphatic rings. The van der Waals surface area contributed by atoms with Crippen LogP contribution in [0.5, 0.6) is 0 Å². The van der Waals surface area contributed by atoms with Crippen LogP contribution in [0.4, 0.5) is 0 Å². The van der Waals surface area contributed by atoms with Gasteiger partial charge in [0, 0.05) is 28.3 Å². The van der Waals surface area contributed by atoms with Crippen molar-refractivity contribution in [3.63, 3.8) is 0 Å². The molecule has 0 radical (unpaired) electrons. The zero-order chi connectivity index (χ0) is 12.1. The molecule has 94 valence electrons. The molecule has 0 aromatic heterocycles. The highest BCUT2D eigenvalue weighted by molar-refractivity contribution is 7.84. The Labute approximate surface area is 106 Å². The van der Waals surface area contributed by atoms with E-state index in [0.717, 1.165) is 24.0 Å². The van der Waals surface area contributed by atoms with Gasteiger partial charge in [-0.1, -0.05) is 43.5 Å². The first-order valence-corrected chi connectivity index (χ1v) is 7.83. The summed E-state index contributed by atoms with van der Waals surface area (Å²) in [5, 5.41) is 0.422. The molecule has 0 heterocycles. The summed E-state index contributed by atoms with van der Waals surface area (Å²) in [6, 6.07) is 8.17. The van der Waals surface area contributed by atoms with Crippen molar-refractivity contribution < 1.29 is 4.21 Å². The minimum atomic E-state index is -0.709. The monoisotopic (exact) mass is 251 g/mol. The molecule has 0 spiro atoms. The van der Waals surface area contributed by atoms with Crippen LogP contribution in [0.15, 0.2) is 24.3 Å². The predicted octanol–water partition coefficient (Wildman–Crippen LogP) is 2.73. The number of nitrogens with two attached hydrogens (primary N) is 1. The van der Waals surface area contributed by atoms with Crippen molar-refractivity contribution in [2.75, 3.05) is 0 Å². The van der Waals surface area contributed by atoms with Gasteiger partial charge in [-0.25, -0.2) is 0 Å². The summed E-state index contributed by atoms with van der Waals surface area (Å²) in [5.41, 5.74) is 7.91. The lowest BCUT2D eigenvalue weighted by molar-refractivity contribution is 0.504. The van der Waals surface area contributed by atoms with E-state index in [4.69, 9.17) is 5.73 Å². The average Bonchev–Trinajstić information content (AvgIpc) is 2.40. The Morgan fingerprint density at radius 3 is 2.59 bits per heavy atom. The van der Waals surface area contributed by atoms with E-state index in [9.17, 15) is 4.21 Å². The van der Waals surface area contributed by atoms with Gasteiger partial charge >= 0.3 is 0 Å². The molecule has 1 aliphatic carbocycles. The molecule has 0 amide bonds. The fourth-order valence-electron chi connectivity index (χ4n) is 2.46. The van der Waals surface area contributed by atoms with Gasteiger partial charge in [0.05, 0.1) is 0 Å². The molecular formula is C14H21NOS. The highest BCUT2D eigenvalue weighted by Gasteiger charge is 2.19. The third-order valence-electron chi connectivity index (χ3n) is 3.46. The highest BCUT2D eigenvalue weighted by atomic mass is 32.2. The Kier molecular flexibility index (Phi) is 4.75. The van der Waals surface area contributed by atoms with Gasteiger partial charge in [-0.05, 0) is 24.0 Å². The first-order chi connectivity index (χ1) is 8.29. The van der Waals surface area contributed by atoms with E-state index < -0.39 is 10.8 Å². The SMILES string of the molecule is NCc1cccc(CS(=O)C2CCCCC2)c1. The van der Waals surface area contributed by atoms with Crippen LogP contribution in [0.2, 0.25) is 0 Å². The van der Waals surface area contributed by atoms with Gasteiger partial charge in [-0.2, -0.15) is 0 Å². The molecule has 17 heavy (non-hydrogen) atoms. The Bertz CT molecular complexity index is 386. The molecule has 2 rings (SSSR count). The van der Waals surface area contributed by atoms with Gasteiger partial charge in [0.2, 0.25) is 0 Å². The Balaban J connectivity index is 1.96. The number of hydrogen-bond acceptors (Lipinski definition) is 2. The maximum Gasteiger partial charge on any atom is 0.0488 e. The van der Waals surface area contributed by atoms with Crippen molar-refractivity contribution >= 4 is 10.8 Å². The van der Waals surface area contributed by atoms with Crippen LogP contribution in [-0.4, -0.2) is 9.46 Å². The summed E-state index contributed by atoms with van der Waals surface area (Å²) in [4.78, 5) is 0. The van der Waals surface area contributed by atoms with Crippen molar-refractivity contribution in [3.05, 3.63) is 35.4 Å². The lowest BCUT2D eigenvalue weighted by atomic mass is 10.0. The lowest BCUT2D eigenvalue weighted by Crippen LogP contribution is -2.19. The molecule has 1 unspecified atom stereocenters. The summed E-state index contributed by atoms with van der Waals surface area (Å²) in [5.74, 6) is 0.693. The van der Waals surface area contributed by atoms with Crippen LogP contribution in [0.1, 0.15) is 43.2 Å². The molecule has 3 heteroatoms. The standard InChI is InChI=1S/C14H21NOS/c15-10-12-5-4-6-13(9-12)11-17(16)14-7-2-1-3-8-14/h4-6,9,14H,1-3,7-8,10-11,15H2. The molecule has 1 aromatic rings. The van der Waals surface area contributed by atoms with Crippen molar-refractivity contribution in [3.8, 4) is 0 Å². The highest BCUT2D eigenvalue weighted by Crippen LogP contribution is 2.23. The minimum absolute atomic E-state index is 0.422. The van der Waals surface area contributed by atoms with Crippen LogP contribution in [0.25, 0.3) is 0 Å². The number of benzene rings is 1. The van der Waals surface area contributed by atoms with Crippen LogP contribution >= 0.6 is 0 Å². The van der Waals surface area contributed by atoms with Gasteiger partial charge < -0.3 is 5.73 Å². The topological polar surface area (TPSA) is 43.1 Å². The van der Waals surface area contributed by atoms with E-state index in [-0.39, 0.29) is 0 Å². The summed E-state index contributed by atoms with van der Waals surface area (Å²) in [6.45, 7) is 0.559. The molecular weight excluding hydrogens is 230 g/mol. The van der Waals surface area contributed by atoms with Crippen molar-refractivity contribution in [2.24, 2.45) is 5.73 Å². The van der Waals surface area contributed by atoms with Crippen LogP contribution in [0.3, 0.4) is 0 Å². The predicted molar refractivity (Wildman–Crippen MR) is 73.1 cm³/mol. The summed E-state index contributed by atoms with van der Waals surface area (Å²) in [7, 11) is -0.709. The van der Waals surface area contributed by atoms with E-state index in [2.05, 4.69) is 12.1 Å². The number of rotatable bonds is 4. The maximum atomic E-state index is 12.2. The lowest BCUT2D eigenvalue weighted by Gasteiger charge is -2.21. The normalized spacial score (nSPS) is 19.1. The van der Waals surface area contributed by atoms with Crippen LogP contribution < -0.4 is 5.73 Å². The molecule has 2 N–H and O–H groups in total. The second kappa shape index (κ2) is 6.31. The van der Waals surface area contributed by atoms with Gasteiger partial charge in [0.1, 0.15) is 0 Å². The fourth-order valence-corrected chi connectivity index (χ4v) is 4.06. The molecule has 2 nitrogen and oxygen atoms in total. The van der Waals surface area contributed by atoms with E-state index >= 15 is 0 Å². The number of hydrogen-bond donors (Lipinski definition) is 1. The third-order valence-corrected chi connectivity index (χ3v) is 5.29. The van der Waals surface area contributed by atoms with E-state index in [1.165, 1.54) is 19.3 Å². The second-order valence-corrected chi connectivity index (χ2v) is 6.53. The van der Waals surface area contributed by atoms with Crippen molar-refractivity contribution in [1.82, 2.24) is 0 Å². The minimum Gasteiger partial charge on any atom is -0.326 e. The molecule has 0 saturated heterocycles. The van der Waals surface area contributed by atoms with Gasteiger partial charge in [-0.3, -0.25) is 4.21 Å². The average molecular weight is 251 g/mol. The molecule has 0 bridgehead atoms. The zero-order valence-electron chi connectivity index (χ0n) is 10.2. The van der Waals surface area contributed by atoms with Crippen molar-refractivity contribution in [2.45, 2.75) is 49.7 Å².